The second-order valence-corrected chi connectivity index (χ2v) is 4.36. The summed E-state index contributed by atoms with van der Waals surface area (Å²) in [7, 11) is 0. The summed E-state index contributed by atoms with van der Waals surface area (Å²) in [6, 6.07) is 6.22. The fourth-order valence-corrected chi connectivity index (χ4v) is 1.75. The molecule has 0 aromatic heterocycles. The lowest BCUT2D eigenvalue weighted by molar-refractivity contribution is 1.21. The highest BCUT2D eigenvalue weighted by Gasteiger charge is 1.98. The van der Waals surface area contributed by atoms with Gasteiger partial charge in [0.15, 0.2) is 0 Å². The van der Waals surface area contributed by atoms with E-state index in [2.05, 4.69) is 46.4 Å². The predicted molar refractivity (Wildman–Crippen MR) is 67.0 cm³/mol. The third-order valence-corrected chi connectivity index (χ3v) is 2.90. The van der Waals surface area contributed by atoms with Crippen molar-refractivity contribution in [3.8, 4) is 0 Å². The summed E-state index contributed by atoms with van der Waals surface area (Å²) in [4.78, 5) is 0. The number of hydrogen-bond acceptors (Lipinski definition) is 1. The SMILES string of the molecule is C/C(=C/Cl)CNc1ccc(C)cc1Br. The van der Waals surface area contributed by atoms with Gasteiger partial charge in [0.05, 0.1) is 0 Å². The maximum atomic E-state index is 5.57. The van der Waals surface area contributed by atoms with Gasteiger partial charge in [0.25, 0.3) is 0 Å². The average molecular weight is 275 g/mol. The number of nitrogens with one attached hydrogen (secondary N) is 1. The summed E-state index contributed by atoms with van der Waals surface area (Å²) in [5.74, 6) is 0. The van der Waals surface area contributed by atoms with Crippen molar-refractivity contribution in [2.24, 2.45) is 0 Å². The van der Waals surface area contributed by atoms with Crippen LogP contribution in [0.15, 0.2) is 33.8 Å². The summed E-state index contributed by atoms with van der Waals surface area (Å²) < 4.78 is 1.08. The molecule has 0 saturated carbocycles. The Morgan fingerprint density at radius 1 is 1.57 bits per heavy atom. The summed E-state index contributed by atoms with van der Waals surface area (Å²) >= 11 is 9.07. The summed E-state index contributed by atoms with van der Waals surface area (Å²) in [6.07, 6.45) is 0. The van der Waals surface area contributed by atoms with Crippen LogP contribution in [0.4, 0.5) is 5.69 Å². The van der Waals surface area contributed by atoms with Gasteiger partial charge in [0, 0.05) is 22.2 Å². The van der Waals surface area contributed by atoms with E-state index in [9.17, 15) is 0 Å². The van der Waals surface area contributed by atoms with E-state index >= 15 is 0 Å². The molecule has 0 heterocycles. The van der Waals surface area contributed by atoms with E-state index in [4.69, 9.17) is 11.6 Å². The first-order chi connectivity index (χ1) is 6.63. The molecule has 0 aliphatic heterocycles. The van der Waals surface area contributed by atoms with Crippen LogP contribution in [0.1, 0.15) is 12.5 Å². The lowest BCUT2D eigenvalue weighted by atomic mass is 10.2. The molecular weight excluding hydrogens is 261 g/mol. The van der Waals surface area contributed by atoms with E-state index in [0.29, 0.717) is 0 Å². The molecule has 0 atom stereocenters. The number of rotatable bonds is 3. The Balaban J connectivity index is 2.68. The zero-order chi connectivity index (χ0) is 10.6. The van der Waals surface area contributed by atoms with E-state index in [1.807, 2.05) is 6.92 Å². The van der Waals surface area contributed by atoms with Gasteiger partial charge in [-0.3, -0.25) is 0 Å². The second-order valence-electron chi connectivity index (χ2n) is 3.29. The Bertz CT molecular complexity index is 347. The standard InChI is InChI=1S/C11H13BrClN/c1-8-3-4-11(10(12)5-8)14-7-9(2)6-13/h3-6,14H,7H2,1-2H3/b9-6-. The first kappa shape index (κ1) is 11.6. The molecule has 0 amide bonds. The molecule has 14 heavy (non-hydrogen) atoms. The predicted octanol–water partition coefficient (Wildman–Crippen LogP) is 4.31. The minimum Gasteiger partial charge on any atom is -0.380 e. The second kappa shape index (κ2) is 5.42. The molecule has 0 spiro atoms. The van der Waals surface area contributed by atoms with Crippen molar-refractivity contribution in [2.75, 3.05) is 11.9 Å². The fourth-order valence-electron chi connectivity index (χ4n) is 1.04. The van der Waals surface area contributed by atoms with Gasteiger partial charge in [-0.25, -0.2) is 0 Å². The van der Waals surface area contributed by atoms with Crippen LogP contribution >= 0.6 is 27.5 Å². The Morgan fingerprint density at radius 2 is 2.29 bits per heavy atom. The number of halogens is 2. The molecule has 0 saturated heterocycles. The molecule has 1 aromatic rings. The average Bonchev–Trinajstić information content (AvgIpc) is 2.16. The van der Waals surface area contributed by atoms with Gasteiger partial charge in [-0.2, -0.15) is 0 Å². The smallest absolute Gasteiger partial charge is 0.0487 e. The van der Waals surface area contributed by atoms with E-state index in [1.165, 1.54) is 5.56 Å². The van der Waals surface area contributed by atoms with Crippen molar-refractivity contribution >= 4 is 33.2 Å². The number of hydrogen-bond donors (Lipinski definition) is 1. The summed E-state index contributed by atoms with van der Waals surface area (Å²) in [5.41, 5.74) is 5.04. The largest absolute Gasteiger partial charge is 0.380 e. The van der Waals surface area contributed by atoms with Crippen molar-refractivity contribution in [1.29, 1.82) is 0 Å². The van der Waals surface area contributed by atoms with Crippen LogP contribution in [0.3, 0.4) is 0 Å². The van der Waals surface area contributed by atoms with Crippen molar-refractivity contribution in [3.63, 3.8) is 0 Å². The molecule has 1 aromatic carbocycles. The van der Waals surface area contributed by atoms with Crippen LogP contribution in [-0.4, -0.2) is 6.54 Å². The normalized spacial score (nSPS) is 11.6. The third-order valence-electron chi connectivity index (χ3n) is 1.87. The molecule has 3 heteroatoms. The molecule has 0 aliphatic carbocycles. The first-order valence-electron chi connectivity index (χ1n) is 4.39. The molecule has 76 valence electrons. The van der Waals surface area contributed by atoms with Crippen LogP contribution < -0.4 is 5.32 Å². The van der Waals surface area contributed by atoms with Crippen molar-refractivity contribution in [2.45, 2.75) is 13.8 Å². The molecule has 0 bridgehead atoms. The molecule has 0 aliphatic rings. The first-order valence-corrected chi connectivity index (χ1v) is 5.62. The van der Waals surface area contributed by atoms with Crippen molar-refractivity contribution in [1.82, 2.24) is 0 Å². The van der Waals surface area contributed by atoms with E-state index < -0.39 is 0 Å². The van der Waals surface area contributed by atoms with Gasteiger partial charge in [-0.15, -0.1) is 0 Å². The fraction of sp³-hybridized carbons (Fsp3) is 0.273. The van der Waals surface area contributed by atoms with Crippen LogP contribution in [-0.2, 0) is 0 Å². The topological polar surface area (TPSA) is 12.0 Å². The third kappa shape index (κ3) is 3.35. The minimum absolute atomic E-state index is 0.769. The Morgan fingerprint density at radius 3 is 2.86 bits per heavy atom. The number of anilines is 1. The Kier molecular flexibility index (Phi) is 4.49. The van der Waals surface area contributed by atoms with Crippen LogP contribution in [0, 0.1) is 6.92 Å². The minimum atomic E-state index is 0.769. The maximum Gasteiger partial charge on any atom is 0.0487 e. The highest BCUT2D eigenvalue weighted by atomic mass is 79.9. The summed E-state index contributed by atoms with van der Waals surface area (Å²) in [6.45, 7) is 4.83. The maximum absolute atomic E-state index is 5.57. The van der Waals surface area contributed by atoms with Gasteiger partial charge in [-0.05, 0) is 53.0 Å². The van der Waals surface area contributed by atoms with Gasteiger partial charge in [0.1, 0.15) is 0 Å². The zero-order valence-electron chi connectivity index (χ0n) is 8.27. The van der Waals surface area contributed by atoms with E-state index in [-0.39, 0.29) is 0 Å². The quantitative estimate of drug-likeness (QED) is 0.866. The zero-order valence-corrected chi connectivity index (χ0v) is 10.6. The van der Waals surface area contributed by atoms with E-state index in [1.54, 1.807) is 5.54 Å². The van der Waals surface area contributed by atoms with Gasteiger partial charge in [-0.1, -0.05) is 17.7 Å². The molecular formula is C11H13BrClN. The van der Waals surface area contributed by atoms with Gasteiger partial charge < -0.3 is 5.32 Å². The molecule has 0 radical (unpaired) electrons. The Labute approximate surface area is 98.3 Å². The molecule has 1 rings (SSSR count). The van der Waals surface area contributed by atoms with Gasteiger partial charge in [0.2, 0.25) is 0 Å². The van der Waals surface area contributed by atoms with Crippen molar-refractivity contribution < 1.29 is 0 Å². The van der Waals surface area contributed by atoms with Crippen LogP contribution in [0.5, 0.6) is 0 Å². The summed E-state index contributed by atoms with van der Waals surface area (Å²) in [5, 5.41) is 3.29. The highest BCUT2D eigenvalue weighted by Crippen LogP contribution is 2.23. The molecule has 1 nitrogen and oxygen atoms in total. The van der Waals surface area contributed by atoms with Crippen molar-refractivity contribution in [3.05, 3.63) is 39.3 Å². The Hall–Kier alpha value is -0.470. The molecule has 1 N–H and O–H groups in total. The number of aryl methyl sites for hydroxylation is 1. The van der Waals surface area contributed by atoms with Gasteiger partial charge >= 0.3 is 0 Å². The van der Waals surface area contributed by atoms with Crippen LogP contribution in [0.25, 0.3) is 0 Å². The lowest BCUT2D eigenvalue weighted by Crippen LogP contribution is -2.02. The van der Waals surface area contributed by atoms with Crippen LogP contribution in [0.2, 0.25) is 0 Å². The highest BCUT2D eigenvalue weighted by molar-refractivity contribution is 9.10. The molecule has 0 unspecified atom stereocenters. The van der Waals surface area contributed by atoms with E-state index in [0.717, 1.165) is 22.3 Å². The number of benzene rings is 1. The lowest BCUT2D eigenvalue weighted by Gasteiger charge is -2.08. The monoisotopic (exact) mass is 273 g/mol. The molecule has 0 fully saturated rings.